The number of benzene rings is 1. The van der Waals surface area contributed by atoms with E-state index in [2.05, 4.69) is 11.6 Å². The summed E-state index contributed by atoms with van der Waals surface area (Å²) in [7, 11) is 1.04. The summed E-state index contributed by atoms with van der Waals surface area (Å²) in [6.07, 6.45) is 7.11. The Morgan fingerprint density at radius 3 is 3.00 bits per heavy atom. The predicted octanol–water partition coefficient (Wildman–Crippen LogP) is 3.20. The summed E-state index contributed by atoms with van der Waals surface area (Å²) in [5.41, 5.74) is 0.652. The molecule has 0 fully saturated rings. The molecular formula is C18H19FN2O3. The Labute approximate surface area is 140 Å². The molecule has 0 saturated heterocycles. The molecule has 1 aromatic carbocycles. The molecule has 0 N–H and O–H groups in total. The van der Waals surface area contributed by atoms with Crippen molar-refractivity contribution < 1.29 is 18.7 Å². The minimum absolute atomic E-state index is 0.0163. The average Bonchev–Trinajstić information content (AvgIpc) is 3.08. The quantitative estimate of drug-likeness (QED) is 0.457. The topological polar surface area (TPSA) is 51.1 Å². The molecule has 1 aromatic rings. The maximum absolute atomic E-state index is 12.9. The van der Waals surface area contributed by atoms with Crippen LogP contribution >= 0.6 is 0 Å². The van der Waals surface area contributed by atoms with Crippen LogP contribution in [0.3, 0.4) is 0 Å². The molecule has 0 saturated carbocycles. The van der Waals surface area contributed by atoms with Gasteiger partial charge in [0.15, 0.2) is 6.04 Å². The molecule has 6 heteroatoms. The van der Waals surface area contributed by atoms with Gasteiger partial charge in [0.2, 0.25) is 5.90 Å². The van der Waals surface area contributed by atoms with E-state index >= 15 is 0 Å². The highest BCUT2D eigenvalue weighted by Crippen LogP contribution is 2.20. The Hall–Kier alpha value is -2.89. The van der Waals surface area contributed by atoms with E-state index in [0.29, 0.717) is 23.0 Å². The Morgan fingerprint density at radius 2 is 2.33 bits per heavy atom. The van der Waals surface area contributed by atoms with Crippen molar-refractivity contribution >= 4 is 11.8 Å². The van der Waals surface area contributed by atoms with E-state index in [1.165, 1.54) is 0 Å². The third-order valence-corrected chi connectivity index (χ3v) is 3.21. The van der Waals surface area contributed by atoms with E-state index in [4.69, 9.17) is 9.47 Å². The van der Waals surface area contributed by atoms with E-state index < -0.39 is 11.9 Å². The summed E-state index contributed by atoms with van der Waals surface area (Å²) in [6, 6.07) is 6.21. The minimum Gasteiger partial charge on any atom is -0.475 e. The SMILES string of the molecule is C=C/C(=C\C=C/C)Oc1cccc(C2=NC(C(=O)N(C)F)CO2)c1. The summed E-state index contributed by atoms with van der Waals surface area (Å²) >= 11 is 0. The second-order valence-corrected chi connectivity index (χ2v) is 5.01. The number of rotatable bonds is 6. The van der Waals surface area contributed by atoms with Crippen molar-refractivity contribution in [3.63, 3.8) is 0 Å². The lowest BCUT2D eigenvalue weighted by Crippen LogP contribution is -2.30. The fourth-order valence-corrected chi connectivity index (χ4v) is 2.03. The van der Waals surface area contributed by atoms with Crippen LogP contribution in [-0.4, -0.2) is 36.6 Å². The molecule has 0 aromatic heterocycles. The maximum Gasteiger partial charge on any atom is 0.278 e. The molecule has 1 aliphatic rings. The highest BCUT2D eigenvalue weighted by atomic mass is 19.2. The number of aliphatic imine (C=N–C) groups is 1. The van der Waals surface area contributed by atoms with Gasteiger partial charge in [-0.15, -0.1) is 0 Å². The van der Waals surface area contributed by atoms with Gasteiger partial charge in [-0.05, 0) is 37.3 Å². The lowest BCUT2D eigenvalue weighted by atomic mass is 10.2. The molecule has 1 heterocycles. The maximum atomic E-state index is 12.9. The van der Waals surface area contributed by atoms with Gasteiger partial charge in [0, 0.05) is 12.6 Å². The molecule has 2 rings (SSSR count). The van der Waals surface area contributed by atoms with E-state index in [0.717, 1.165) is 7.05 Å². The van der Waals surface area contributed by atoms with E-state index in [-0.39, 0.29) is 11.7 Å². The van der Waals surface area contributed by atoms with Crippen LogP contribution in [-0.2, 0) is 9.53 Å². The molecule has 0 aliphatic carbocycles. The highest BCUT2D eigenvalue weighted by molar-refractivity contribution is 5.98. The second-order valence-electron chi connectivity index (χ2n) is 5.01. The third-order valence-electron chi connectivity index (χ3n) is 3.21. The van der Waals surface area contributed by atoms with Crippen molar-refractivity contribution in [2.45, 2.75) is 13.0 Å². The summed E-state index contributed by atoms with van der Waals surface area (Å²) in [5.74, 6) is 0.720. The Morgan fingerprint density at radius 1 is 1.54 bits per heavy atom. The molecule has 0 radical (unpaired) electrons. The van der Waals surface area contributed by atoms with Gasteiger partial charge in [-0.25, -0.2) is 4.99 Å². The van der Waals surface area contributed by atoms with Crippen molar-refractivity contribution in [3.8, 4) is 5.75 Å². The first kappa shape index (κ1) is 17.5. The molecule has 1 amide bonds. The molecule has 126 valence electrons. The lowest BCUT2D eigenvalue weighted by Gasteiger charge is -2.08. The molecule has 1 aliphatic heterocycles. The molecule has 24 heavy (non-hydrogen) atoms. The van der Waals surface area contributed by atoms with E-state index in [9.17, 15) is 9.28 Å². The van der Waals surface area contributed by atoms with Crippen molar-refractivity contribution in [2.75, 3.05) is 13.7 Å². The summed E-state index contributed by atoms with van der Waals surface area (Å²) < 4.78 is 24.1. The second kappa shape index (κ2) is 8.10. The molecule has 1 unspecified atom stereocenters. The molecular weight excluding hydrogens is 311 g/mol. The van der Waals surface area contributed by atoms with Gasteiger partial charge in [0.1, 0.15) is 18.1 Å². The Balaban J connectivity index is 2.17. The zero-order valence-corrected chi connectivity index (χ0v) is 13.6. The van der Waals surface area contributed by atoms with Gasteiger partial charge in [0.05, 0.1) is 0 Å². The van der Waals surface area contributed by atoms with Crippen molar-refractivity contribution in [1.82, 2.24) is 5.12 Å². The first-order valence-electron chi connectivity index (χ1n) is 7.42. The van der Waals surface area contributed by atoms with Crippen LogP contribution in [0.2, 0.25) is 0 Å². The number of nitrogens with zero attached hydrogens (tertiary/aromatic N) is 2. The van der Waals surface area contributed by atoms with Crippen LogP contribution in [0.5, 0.6) is 5.75 Å². The fourth-order valence-electron chi connectivity index (χ4n) is 2.03. The number of carbonyl (C=O) groups excluding carboxylic acids is 1. The normalized spacial score (nSPS) is 17.4. The number of likely N-dealkylation sites (N-methyl/N-ethyl adjacent to an activating group) is 1. The monoisotopic (exact) mass is 330 g/mol. The van der Waals surface area contributed by atoms with Gasteiger partial charge < -0.3 is 9.47 Å². The number of ether oxygens (including phenoxy) is 2. The molecule has 1 atom stereocenters. The van der Waals surface area contributed by atoms with Gasteiger partial charge in [-0.1, -0.05) is 29.3 Å². The molecule has 0 spiro atoms. The summed E-state index contributed by atoms with van der Waals surface area (Å²) in [6.45, 7) is 5.63. The number of hydrogen-bond donors (Lipinski definition) is 0. The number of allylic oxidation sites excluding steroid dienone is 4. The van der Waals surface area contributed by atoms with Gasteiger partial charge in [0.25, 0.3) is 5.91 Å². The first-order chi connectivity index (χ1) is 11.5. The third kappa shape index (κ3) is 4.32. The standard InChI is InChI=1S/C18H19FN2O3/c1-4-6-9-14(5-2)24-15-10-7-8-13(11-15)17-20-16(12-23-17)18(22)21(3)19/h4-11,16H,2,12H2,1,3H3/b6-4-,14-9+. The van der Waals surface area contributed by atoms with E-state index in [1.807, 2.05) is 19.1 Å². The van der Waals surface area contributed by atoms with Crippen LogP contribution in [0.25, 0.3) is 0 Å². The highest BCUT2D eigenvalue weighted by Gasteiger charge is 2.29. The zero-order chi connectivity index (χ0) is 17.5. The van der Waals surface area contributed by atoms with Crippen LogP contribution in [0, 0.1) is 0 Å². The van der Waals surface area contributed by atoms with Crippen molar-refractivity contribution in [1.29, 1.82) is 0 Å². The van der Waals surface area contributed by atoms with Gasteiger partial charge >= 0.3 is 0 Å². The van der Waals surface area contributed by atoms with Crippen molar-refractivity contribution in [3.05, 3.63) is 66.5 Å². The van der Waals surface area contributed by atoms with E-state index in [1.54, 1.807) is 36.4 Å². The summed E-state index contributed by atoms with van der Waals surface area (Å²) in [5, 5.41) is 0.0163. The van der Waals surface area contributed by atoms with Crippen molar-refractivity contribution in [2.24, 2.45) is 4.99 Å². The number of carbonyl (C=O) groups is 1. The Bertz CT molecular complexity index is 708. The molecule has 0 bridgehead atoms. The van der Waals surface area contributed by atoms with Crippen LogP contribution in [0.15, 0.2) is 65.9 Å². The van der Waals surface area contributed by atoms with Crippen LogP contribution < -0.4 is 4.74 Å². The first-order valence-corrected chi connectivity index (χ1v) is 7.42. The predicted molar refractivity (Wildman–Crippen MR) is 90.3 cm³/mol. The summed E-state index contributed by atoms with van der Waals surface area (Å²) in [4.78, 5) is 15.7. The largest absolute Gasteiger partial charge is 0.475 e. The Kier molecular flexibility index (Phi) is 5.89. The number of halogens is 1. The fraction of sp³-hybridized carbons (Fsp3) is 0.222. The van der Waals surface area contributed by atoms with Crippen LogP contribution in [0.1, 0.15) is 12.5 Å². The molecule has 5 nitrogen and oxygen atoms in total. The number of hydrogen-bond acceptors (Lipinski definition) is 4. The minimum atomic E-state index is -0.863. The van der Waals surface area contributed by atoms with Gasteiger partial charge in [-0.3, -0.25) is 4.79 Å². The zero-order valence-electron chi connectivity index (χ0n) is 13.6. The number of amides is 1. The average molecular weight is 330 g/mol. The van der Waals surface area contributed by atoms with Gasteiger partial charge in [-0.2, -0.15) is 5.12 Å². The lowest BCUT2D eigenvalue weighted by molar-refractivity contribution is -0.144. The van der Waals surface area contributed by atoms with Crippen LogP contribution in [0.4, 0.5) is 4.48 Å². The smallest absolute Gasteiger partial charge is 0.278 e.